The maximum atomic E-state index is 11.9. The zero-order valence-electron chi connectivity index (χ0n) is 14.1. The van der Waals surface area contributed by atoms with Crippen molar-refractivity contribution in [3.8, 4) is 6.07 Å². The number of carbonyl (C=O) groups is 2. The van der Waals surface area contributed by atoms with Crippen LogP contribution in [0, 0.1) is 11.3 Å². The lowest BCUT2D eigenvalue weighted by molar-refractivity contribution is -0.137. The van der Waals surface area contributed by atoms with E-state index in [-0.39, 0.29) is 12.0 Å². The number of rotatable bonds is 11. The van der Waals surface area contributed by atoms with Crippen molar-refractivity contribution in [2.24, 2.45) is 5.73 Å². The summed E-state index contributed by atoms with van der Waals surface area (Å²) in [6, 6.07) is 9.61. The third kappa shape index (κ3) is 8.53. The predicted octanol–water partition coefficient (Wildman–Crippen LogP) is 1.40. The highest BCUT2D eigenvalue weighted by atomic mass is 16.4. The molecule has 7 nitrogen and oxygen atoms in total. The van der Waals surface area contributed by atoms with Gasteiger partial charge in [0.15, 0.2) is 0 Å². The molecule has 0 bridgehead atoms. The third-order valence-electron chi connectivity index (χ3n) is 3.50. The summed E-state index contributed by atoms with van der Waals surface area (Å²) in [6.45, 7) is 1.36. The van der Waals surface area contributed by atoms with Gasteiger partial charge in [-0.2, -0.15) is 5.26 Å². The molecule has 0 heterocycles. The van der Waals surface area contributed by atoms with Crippen LogP contribution in [0.3, 0.4) is 0 Å². The van der Waals surface area contributed by atoms with Crippen molar-refractivity contribution in [3.05, 3.63) is 47.2 Å². The molecular weight excluding hydrogens is 320 g/mol. The normalized spacial score (nSPS) is 10.8. The Morgan fingerprint density at radius 1 is 1.24 bits per heavy atom. The van der Waals surface area contributed by atoms with Crippen molar-refractivity contribution in [3.63, 3.8) is 0 Å². The van der Waals surface area contributed by atoms with Crippen molar-refractivity contribution < 1.29 is 14.7 Å². The average Bonchev–Trinajstić information content (AvgIpc) is 2.61. The Balaban J connectivity index is 2.35. The van der Waals surface area contributed by atoms with Crippen LogP contribution in [0.25, 0.3) is 0 Å². The van der Waals surface area contributed by atoms with Gasteiger partial charge < -0.3 is 21.5 Å². The number of nitrogens with zero attached hydrogens (tertiary/aromatic N) is 1. The van der Waals surface area contributed by atoms with Crippen LogP contribution in [-0.2, 0) is 22.7 Å². The molecule has 134 valence electrons. The Kier molecular flexibility index (Phi) is 9.41. The molecule has 7 heteroatoms. The zero-order valence-corrected chi connectivity index (χ0v) is 14.1. The Labute approximate surface area is 147 Å². The summed E-state index contributed by atoms with van der Waals surface area (Å²) in [5.41, 5.74) is 7.62. The molecule has 25 heavy (non-hydrogen) atoms. The minimum atomic E-state index is -0.818. The molecule has 0 aliphatic carbocycles. The summed E-state index contributed by atoms with van der Waals surface area (Å²) >= 11 is 0. The summed E-state index contributed by atoms with van der Waals surface area (Å²) in [4.78, 5) is 22.3. The topological polar surface area (TPSA) is 128 Å². The van der Waals surface area contributed by atoms with Crippen LogP contribution in [0.4, 0.5) is 0 Å². The number of nitriles is 1. The van der Waals surface area contributed by atoms with E-state index in [1.54, 1.807) is 0 Å². The third-order valence-corrected chi connectivity index (χ3v) is 3.50. The van der Waals surface area contributed by atoms with E-state index in [4.69, 9.17) is 16.1 Å². The number of hydrogen-bond acceptors (Lipinski definition) is 5. The van der Waals surface area contributed by atoms with Crippen LogP contribution in [0.5, 0.6) is 0 Å². The van der Waals surface area contributed by atoms with E-state index in [1.807, 2.05) is 30.3 Å². The van der Waals surface area contributed by atoms with Crippen LogP contribution < -0.4 is 16.4 Å². The number of carboxylic acid groups (broad SMARTS) is 1. The Bertz CT molecular complexity index is 650. The highest BCUT2D eigenvalue weighted by Crippen LogP contribution is 2.04. The molecule has 1 aromatic rings. The highest BCUT2D eigenvalue weighted by molar-refractivity contribution is 5.97. The number of carbonyl (C=O) groups excluding carboxylic acids is 1. The SMILES string of the molecule is N#C/C(=C/NCc1cccc(CN)c1)C(=O)NCCCCCC(=O)O. The van der Waals surface area contributed by atoms with Gasteiger partial charge in [-0.05, 0) is 24.0 Å². The minimum Gasteiger partial charge on any atom is -0.481 e. The average molecular weight is 344 g/mol. The van der Waals surface area contributed by atoms with E-state index in [1.165, 1.54) is 6.20 Å². The van der Waals surface area contributed by atoms with Gasteiger partial charge in [0.1, 0.15) is 11.6 Å². The monoisotopic (exact) mass is 344 g/mol. The van der Waals surface area contributed by atoms with E-state index in [0.717, 1.165) is 11.1 Å². The molecule has 0 unspecified atom stereocenters. The second-order valence-corrected chi connectivity index (χ2v) is 5.54. The van der Waals surface area contributed by atoms with Crippen LogP contribution >= 0.6 is 0 Å². The van der Waals surface area contributed by atoms with Gasteiger partial charge in [-0.3, -0.25) is 9.59 Å². The molecule has 0 atom stereocenters. The van der Waals surface area contributed by atoms with Gasteiger partial charge >= 0.3 is 5.97 Å². The molecular formula is C18H24N4O3. The van der Waals surface area contributed by atoms with Gasteiger partial charge in [0, 0.05) is 32.3 Å². The zero-order chi connectivity index (χ0) is 18.5. The van der Waals surface area contributed by atoms with Gasteiger partial charge in [0.2, 0.25) is 0 Å². The predicted molar refractivity (Wildman–Crippen MR) is 94.0 cm³/mol. The number of nitrogens with one attached hydrogen (secondary N) is 2. The van der Waals surface area contributed by atoms with Crippen molar-refractivity contribution in [1.29, 1.82) is 5.26 Å². The van der Waals surface area contributed by atoms with E-state index >= 15 is 0 Å². The lowest BCUT2D eigenvalue weighted by Crippen LogP contribution is -2.26. The van der Waals surface area contributed by atoms with Crippen LogP contribution in [0.1, 0.15) is 36.8 Å². The summed E-state index contributed by atoms with van der Waals surface area (Å²) in [7, 11) is 0. The molecule has 0 aliphatic rings. The molecule has 5 N–H and O–H groups in total. The standard InChI is InChI=1S/C18H24N4O3/c19-10-14-5-4-6-15(9-14)12-21-13-16(11-20)18(25)22-8-3-1-2-7-17(23)24/h4-6,9,13,21H,1-3,7-8,10,12,19H2,(H,22,25)(H,23,24)/b16-13-. The van der Waals surface area contributed by atoms with Crippen LogP contribution in [0.15, 0.2) is 36.0 Å². The quantitative estimate of drug-likeness (QED) is 0.273. The van der Waals surface area contributed by atoms with Gasteiger partial charge in [-0.1, -0.05) is 30.7 Å². The number of benzene rings is 1. The van der Waals surface area contributed by atoms with Gasteiger partial charge in [-0.25, -0.2) is 0 Å². The number of hydrogen-bond donors (Lipinski definition) is 4. The lowest BCUT2D eigenvalue weighted by atomic mass is 10.1. The van der Waals surface area contributed by atoms with Crippen molar-refractivity contribution in [2.75, 3.05) is 6.54 Å². The maximum absolute atomic E-state index is 11.9. The molecule has 0 radical (unpaired) electrons. The largest absolute Gasteiger partial charge is 0.481 e. The molecule has 0 aromatic heterocycles. The molecule has 0 saturated heterocycles. The first-order chi connectivity index (χ1) is 12.1. The van der Waals surface area contributed by atoms with E-state index in [2.05, 4.69) is 10.6 Å². The number of amides is 1. The summed E-state index contributed by atoms with van der Waals surface area (Å²) in [5, 5.41) is 23.2. The maximum Gasteiger partial charge on any atom is 0.303 e. The highest BCUT2D eigenvalue weighted by Gasteiger charge is 2.07. The van der Waals surface area contributed by atoms with Gasteiger partial charge in [0.05, 0.1) is 0 Å². The number of nitrogens with two attached hydrogens (primary N) is 1. The molecule has 0 spiro atoms. The summed E-state index contributed by atoms with van der Waals surface area (Å²) in [6.07, 6.45) is 3.50. The molecule has 1 amide bonds. The van der Waals surface area contributed by atoms with Crippen LogP contribution in [0.2, 0.25) is 0 Å². The molecule has 1 rings (SSSR count). The van der Waals surface area contributed by atoms with Crippen molar-refractivity contribution in [1.82, 2.24) is 10.6 Å². The van der Waals surface area contributed by atoms with E-state index in [9.17, 15) is 9.59 Å². The fourth-order valence-electron chi connectivity index (χ4n) is 2.16. The van der Waals surface area contributed by atoms with E-state index in [0.29, 0.717) is 38.9 Å². The Morgan fingerprint density at radius 2 is 2.00 bits per heavy atom. The molecule has 0 aliphatic heterocycles. The summed E-state index contributed by atoms with van der Waals surface area (Å²) in [5.74, 6) is -1.26. The first kappa shape index (κ1) is 20.2. The van der Waals surface area contributed by atoms with E-state index < -0.39 is 11.9 Å². The smallest absolute Gasteiger partial charge is 0.303 e. The fourth-order valence-corrected chi connectivity index (χ4v) is 2.16. The van der Waals surface area contributed by atoms with Crippen LogP contribution in [-0.4, -0.2) is 23.5 Å². The molecule has 0 fully saturated rings. The van der Waals surface area contributed by atoms with Crippen molar-refractivity contribution in [2.45, 2.75) is 38.8 Å². The lowest BCUT2D eigenvalue weighted by Gasteiger charge is -2.06. The number of aliphatic carboxylic acids is 1. The fraction of sp³-hybridized carbons (Fsp3) is 0.389. The molecule has 0 saturated carbocycles. The molecule has 1 aromatic carbocycles. The Morgan fingerprint density at radius 3 is 2.68 bits per heavy atom. The van der Waals surface area contributed by atoms with Gasteiger partial charge in [-0.15, -0.1) is 0 Å². The number of carboxylic acids is 1. The summed E-state index contributed by atoms with van der Waals surface area (Å²) < 4.78 is 0. The Hall–Kier alpha value is -2.85. The van der Waals surface area contributed by atoms with Crippen molar-refractivity contribution >= 4 is 11.9 Å². The van der Waals surface area contributed by atoms with Gasteiger partial charge in [0.25, 0.3) is 5.91 Å². The second-order valence-electron chi connectivity index (χ2n) is 5.54. The number of unbranched alkanes of at least 4 members (excludes halogenated alkanes) is 2. The first-order valence-corrected chi connectivity index (χ1v) is 8.18. The minimum absolute atomic E-state index is 0.000477. The first-order valence-electron chi connectivity index (χ1n) is 8.18. The second kappa shape index (κ2) is 11.6.